The van der Waals surface area contributed by atoms with Crippen molar-refractivity contribution in [2.45, 2.75) is 117 Å². The van der Waals surface area contributed by atoms with Crippen LogP contribution >= 0.6 is 0 Å². The second-order valence-electron chi connectivity index (χ2n) is 9.77. The Hall–Kier alpha value is -0.840. The fraction of sp³-hybridized carbons (Fsp3) is 0.862. The lowest BCUT2D eigenvalue weighted by Crippen LogP contribution is -2.24. The van der Waals surface area contributed by atoms with Crippen molar-refractivity contribution in [3.05, 3.63) is 24.2 Å². The van der Waals surface area contributed by atoms with Gasteiger partial charge in [-0.3, -0.25) is 4.90 Å². The van der Waals surface area contributed by atoms with Crippen molar-refractivity contribution >= 4 is 0 Å². The summed E-state index contributed by atoms with van der Waals surface area (Å²) in [5.41, 5.74) is 0. The Labute approximate surface area is 206 Å². The molecule has 1 N–H and O–H groups in total. The van der Waals surface area contributed by atoms with Crippen molar-refractivity contribution in [1.82, 2.24) is 10.2 Å². The molecule has 33 heavy (non-hydrogen) atoms. The van der Waals surface area contributed by atoms with Crippen molar-refractivity contribution in [2.24, 2.45) is 0 Å². The molecule has 0 aliphatic carbocycles. The van der Waals surface area contributed by atoms with E-state index in [2.05, 4.69) is 23.7 Å². The molecule has 0 unspecified atom stereocenters. The number of unbranched alkanes of at least 4 members (excludes halogenated alkanes) is 15. The molecule has 194 valence electrons. The van der Waals surface area contributed by atoms with Crippen molar-refractivity contribution in [3.63, 3.8) is 0 Å². The van der Waals surface area contributed by atoms with Gasteiger partial charge in [0, 0.05) is 32.8 Å². The average molecular weight is 465 g/mol. The van der Waals surface area contributed by atoms with Gasteiger partial charge in [-0.25, -0.2) is 0 Å². The van der Waals surface area contributed by atoms with Gasteiger partial charge in [0.2, 0.25) is 0 Å². The minimum absolute atomic E-state index is 0.544. The average Bonchev–Trinajstić information content (AvgIpc) is 3.64. The quantitative estimate of drug-likeness (QED) is 0.0811. The molecule has 1 aliphatic heterocycles. The van der Waals surface area contributed by atoms with Crippen molar-refractivity contribution in [3.8, 4) is 0 Å². The predicted octanol–water partition coefficient (Wildman–Crippen LogP) is 7.60. The number of nitrogens with zero attached hydrogens (tertiary/aromatic N) is 1. The molecule has 0 bridgehead atoms. The Morgan fingerprint density at radius 1 is 0.818 bits per heavy atom. The third-order valence-electron chi connectivity index (χ3n) is 6.45. The van der Waals surface area contributed by atoms with Gasteiger partial charge in [0.1, 0.15) is 18.1 Å². The Bertz CT molecular complexity index is 474. The summed E-state index contributed by atoms with van der Waals surface area (Å²) in [4.78, 5) is 2.40. The molecule has 0 aromatic carbocycles. The number of hydrogen-bond donors (Lipinski definition) is 1. The highest BCUT2D eigenvalue weighted by Crippen LogP contribution is 2.14. The predicted molar refractivity (Wildman–Crippen MR) is 144 cm³/mol. The van der Waals surface area contributed by atoms with Crippen molar-refractivity contribution in [1.29, 1.82) is 0 Å². The largest absolute Gasteiger partial charge is 0.463 e. The maximum atomic E-state index is 5.82. The first-order valence-electron chi connectivity index (χ1n) is 14.3. The topological polar surface area (TPSA) is 33.5 Å². The summed E-state index contributed by atoms with van der Waals surface area (Å²) in [7, 11) is 0. The summed E-state index contributed by atoms with van der Waals surface area (Å²) >= 11 is 0. The van der Waals surface area contributed by atoms with Crippen LogP contribution in [0.5, 0.6) is 0 Å². The number of ether oxygens (including phenoxy) is 2. The SMILES string of the molecule is C=C(CNCCN1CC1)O/C(=C\C)COCCCCCCCCCCCCCCCCCC. The van der Waals surface area contributed by atoms with E-state index in [0.29, 0.717) is 13.2 Å². The molecule has 1 fully saturated rings. The van der Waals surface area contributed by atoms with Crippen LogP contribution in [0.2, 0.25) is 0 Å². The van der Waals surface area contributed by atoms with Crippen molar-refractivity contribution in [2.75, 3.05) is 45.9 Å². The van der Waals surface area contributed by atoms with Crippen LogP contribution in [0.4, 0.5) is 0 Å². The zero-order valence-corrected chi connectivity index (χ0v) is 22.3. The van der Waals surface area contributed by atoms with Crippen LogP contribution in [0, 0.1) is 0 Å². The second kappa shape index (κ2) is 22.9. The lowest BCUT2D eigenvalue weighted by molar-refractivity contribution is 0.113. The number of rotatable bonds is 26. The minimum atomic E-state index is 0.544. The van der Waals surface area contributed by atoms with Crippen molar-refractivity contribution < 1.29 is 9.47 Å². The second-order valence-corrected chi connectivity index (χ2v) is 9.77. The molecule has 0 aromatic heterocycles. The van der Waals surface area contributed by atoms with E-state index in [9.17, 15) is 0 Å². The molecule has 0 atom stereocenters. The van der Waals surface area contributed by atoms with Gasteiger partial charge in [-0.2, -0.15) is 0 Å². The van der Waals surface area contributed by atoms with Crippen LogP contribution < -0.4 is 5.32 Å². The fourth-order valence-corrected chi connectivity index (χ4v) is 4.08. The summed E-state index contributed by atoms with van der Waals surface area (Å²) in [5.74, 6) is 1.63. The van der Waals surface area contributed by atoms with E-state index in [-0.39, 0.29) is 0 Å². The van der Waals surface area contributed by atoms with Gasteiger partial charge in [-0.05, 0) is 19.4 Å². The fourth-order valence-electron chi connectivity index (χ4n) is 4.08. The molecule has 0 radical (unpaired) electrons. The summed E-state index contributed by atoms with van der Waals surface area (Å²) < 4.78 is 11.6. The Morgan fingerprint density at radius 3 is 1.82 bits per heavy atom. The lowest BCUT2D eigenvalue weighted by Gasteiger charge is -2.13. The van der Waals surface area contributed by atoms with Crippen LogP contribution in [-0.2, 0) is 9.47 Å². The van der Waals surface area contributed by atoms with Gasteiger partial charge in [0.25, 0.3) is 0 Å². The van der Waals surface area contributed by atoms with Gasteiger partial charge in [0.05, 0.1) is 6.54 Å². The summed E-state index contributed by atoms with van der Waals surface area (Å²) in [5, 5.41) is 3.38. The standard InChI is InChI=1S/C29H56N2O2/c1-4-6-7-8-9-10-11-12-13-14-15-16-17-18-19-20-25-32-27-29(5-2)33-28(3)26-30-21-22-31-23-24-31/h5,30H,3-4,6-27H2,1-2H3/b29-5-. The van der Waals surface area contributed by atoms with Gasteiger partial charge >= 0.3 is 0 Å². The minimum Gasteiger partial charge on any atom is -0.463 e. The summed E-state index contributed by atoms with van der Waals surface area (Å²) in [6.45, 7) is 15.0. The van der Waals surface area contributed by atoms with E-state index >= 15 is 0 Å². The zero-order chi connectivity index (χ0) is 23.8. The number of nitrogens with one attached hydrogen (secondary N) is 1. The van der Waals surface area contributed by atoms with Gasteiger partial charge in [-0.1, -0.05) is 110 Å². The molecular formula is C29H56N2O2. The molecule has 1 rings (SSSR count). The normalized spacial score (nSPS) is 14.1. The van der Waals surface area contributed by atoms with Gasteiger partial charge < -0.3 is 14.8 Å². The third-order valence-corrected chi connectivity index (χ3v) is 6.45. The molecule has 1 aliphatic rings. The Balaban J connectivity index is 1.77. The molecule has 0 spiro atoms. The van der Waals surface area contributed by atoms with E-state index in [4.69, 9.17) is 9.47 Å². The Morgan fingerprint density at radius 2 is 1.33 bits per heavy atom. The molecule has 4 nitrogen and oxygen atoms in total. The first-order valence-corrected chi connectivity index (χ1v) is 14.3. The molecular weight excluding hydrogens is 408 g/mol. The molecule has 4 heteroatoms. The highest BCUT2D eigenvalue weighted by atomic mass is 16.5. The third kappa shape index (κ3) is 21.4. The van der Waals surface area contributed by atoms with Crippen LogP contribution in [0.15, 0.2) is 24.2 Å². The van der Waals surface area contributed by atoms with E-state index in [0.717, 1.165) is 37.6 Å². The Kier molecular flexibility index (Phi) is 21.0. The van der Waals surface area contributed by atoms with E-state index < -0.39 is 0 Å². The maximum absolute atomic E-state index is 5.82. The van der Waals surface area contributed by atoms with Crippen LogP contribution in [0.3, 0.4) is 0 Å². The van der Waals surface area contributed by atoms with E-state index in [1.165, 1.54) is 109 Å². The monoisotopic (exact) mass is 464 g/mol. The first kappa shape index (κ1) is 30.2. The van der Waals surface area contributed by atoms with Crippen LogP contribution in [-0.4, -0.2) is 50.8 Å². The van der Waals surface area contributed by atoms with E-state index in [1.807, 2.05) is 13.0 Å². The van der Waals surface area contributed by atoms with Gasteiger partial charge in [0.15, 0.2) is 0 Å². The number of hydrogen-bond acceptors (Lipinski definition) is 4. The van der Waals surface area contributed by atoms with Crippen LogP contribution in [0.1, 0.15) is 117 Å². The summed E-state index contributed by atoms with van der Waals surface area (Å²) in [6.07, 6.45) is 24.3. The summed E-state index contributed by atoms with van der Waals surface area (Å²) in [6, 6.07) is 0. The van der Waals surface area contributed by atoms with Crippen LogP contribution in [0.25, 0.3) is 0 Å². The van der Waals surface area contributed by atoms with E-state index in [1.54, 1.807) is 0 Å². The molecule has 0 amide bonds. The smallest absolute Gasteiger partial charge is 0.125 e. The highest BCUT2D eigenvalue weighted by molar-refractivity contribution is 4.99. The molecule has 0 saturated carbocycles. The molecule has 0 aromatic rings. The highest BCUT2D eigenvalue weighted by Gasteiger charge is 2.15. The van der Waals surface area contributed by atoms with Gasteiger partial charge in [-0.15, -0.1) is 0 Å². The lowest BCUT2D eigenvalue weighted by atomic mass is 10.0. The maximum Gasteiger partial charge on any atom is 0.125 e. The molecule has 1 saturated heterocycles. The first-order chi connectivity index (χ1) is 16.3. The zero-order valence-electron chi connectivity index (χ0n) is 22.3. The number of allylic oxidation sites excluding steroid dienone is 1. The molecule has 1 heterocycles.